The molecule has 0 radical (unpaired) electrons. The fraction of sp³-hybridized carbons (Fsp3) is 0.348. The van der Waals surface area contributed by atoms with Gasteiger partial charge in [-0.15, -0.1) is 0 Å². The van der Waals surface area contributed by atoms with E-state index in [0.717, 1.165) is 23.3 Å². The molecule has 0 saturated carbocycles. The standard InChI is InChI=1S/C23H26N2O5/c1-16-8-9-20(17(2)13-16)29-12-10-24-21(26)15-30-23(28)18-5-3-6-19(14-18)25-11-4-7-22(25)27/h3,5-6,8-9,13-14H,4,7,10-12,15H2,1-2H3,(H,24,26). The van der Waals surface area contributed by atoms with Crippen LogP contribution in [-0.2, 0) is 14.3 Å². The van der Waals surface area contributed by atoms with E-state index in [-0.39, 0.29) is 12.5 Å². The van der Waals surface area contributed by atoms with Crippen LogP contribution in [0.15, 0.2) is 42.5 Å². The van der Waals surface area contributed by atoms with Gasteiger partial charge in [-0.05, 0) is 50.1 Å². The van der Waals surface area contributed by atoms with Crippen molar-refractivity contribution in [1.29, 1.82) is 0 Å². The SMILES string of the molecule is Cc1ccc(OCCNC(=O)COC(=O)c2cccc(N3CCCC3=O)c2)c(C)c1. The molecular formula is C23H26N2O5. The third kappa shape index (κ3) is 5.59. The second kappa shape index (κ2) is 9.91. The first-order valence-electron chi connectivity index (χ1n) is 9.98. The summed E-state index contributed by atoms with van der Waals surface area (Å²) in [5, 5.41) is 2.66. The van der Waals surface area contributed by atoms with Crippen LogP contribution >= 0.6 is 0 Å². The molecule has 1 fully saturated rings. The quantitative estimate of drug-likeness (QED) is 0.534. The molecule has 7 nitrogen and oxygen atoms in total. The molecule has 2 aromatic carbocycles. The number of aryl methyl sites for hydroxylation is 2. The zero-order valence-electron chi connectivity index (χ0n) is 17.3. The zero-order chi connectivity index (χ0) is 21.5. The fourth-order valence-corrected chi connectivity index (χ4v) is 3.30. The molecule has 0 atom stereocenters. The fourth-order valence-electron chi connectivity index (χ4n) is 3.30. The molecular weight excluding hydrogens is 384 g/mol. The second-order valence-electron chi connectivity index (χ2n) is 7.24. The van der Waals surface area contributed by atoms with Crippen LogP contribution in [0.4, 0.5) is 5.69 Å². The van der Waals surface area contributed by atoms with E-state index in [1.54, 1.807) is 29.2 Å². The maximum absolute atomic E-state index is 12.2. The number of hydrogen-bond acceptors (Lipinski definition) is 5. The summed E-state index contributed by atoms with van der Waals surface area (Å²) in [7, 11) is 0. The summed E-state index contributed by atoms with van der Waals surface area (Å²) < 4.78 is 10.7. The van der Waals surface area contributed by atoms with E-state index in [0.29, 0.717) is 37.4 Å². The highest BCUT2D eigenvalue weighted by atomic mass is 16.5. The van der Waals surface area contributed by atoms with Crippen molar-refractivity contribution in [1.82, 2.24) is 5.32 Å². The molecule has 0 aromatic heterocycles. The van der Waals surface area contributed by atoms with Gasteiger partial charge in [-0.2, -0.15) is 0 Å². The van der Waals surface area contributed by atoms with Gasteiger partial charge in [-0.1, -0.05) is 23.8 Å². The Morgan fingerprint density at radius 3 is 2.70 bits per heavy atom. The molecule has 1 heterocycles. The molecule has 1 aliphatic heterocycles. The third-order valence-electron chi connectivity index (χ3n) is 4.81. The van der Waals surface area contributed by atoms with E-state index in [1.807, 2.05) is 32.0 Å². The summed E-state index contributed by atoms with van der Waals surface area (Å²) in [6.07, 6.45) is 1.32. The van der Waals surface area contributed by atoms with Crippen LogP contribution in [0.25, 0.3) is 0 Å². The largest absolute Gasteiger partial charge is 0.491 e. The van der Waals surface area contributed by atoms with Gasteiger partial charge in [0.2, 0.25) is 5.91 Å². The normalized spacial score (nSPS) is 13.3. The lowest BCUT2D eigenvalue weighted by Gasteiger charge is -2.16. The van der Waals surface area contributed by atoms with Gasteiger partial charge in [-0.25, -0.2) is 4.79 Å². The first-order chi connectivity index (χ1) is 14.4. The molecule has 158 valence electrons. The molecule has 7 heteroatoms. The van der Waals surface area contributed by atoms with Gasteiger partial charge in [0, 0.05) is 18.7 Å². The lowest BCUT2D eigenvalue weighted by molar-refractivity contribution is -0.124. The van der Waals surface area contributed by atoms with Crippen LogP contribution in [0.2, 0.25) is 0 Å². The van der Waals surface area contributed by atoms with Crippen molar-refractivity contribution in [3.8, 4) is 5.75 Å². The lowest BCUT2D eigenvalue weighted by Crippen LogP contribution is -2.32. The molecule has 2 amide bonds. The van der Waals surface area contributed by atoms with E-state index >= 15 is 0 Å². The summed E-state index contributed by atoms with van der Waals surface area (Å²) in [6, 6.07) is 12.6. The number of carbonyl (C=O) groups is 3. The Morgan fingerprint density at radius 1 is 1.13 bits per heavy atom. The van der Waals surface area contributed by atoms with Gasteiger partial charge < -0.3 is 19.7 Å². The Balaban J connectivity index is 1.41. The summed E-state index contributed by atoms with van der Waals surface area (Å²) >= 11 is 0. The topological polar surface area (TPSA) is 84.9 Å². The molecule has 30 heavy (non-hydrogen) atoms. The molecule has 0 unspecified atom stereocenters. The van der Waals surface area contributed by atoms with Crippen LogP contribution < -0.4 is 15.0 Å². The first kappa shape index (κ1) is 21.4. The van der Waals surface area contributed by atoms with Gasteiger partial charge in [0.25, 0.3) is 5.91 Å². The Kier molecular flexibility index (Phi) is 7.06. The van der Waals surface area contributed by atoms with E-state index in [9.17, 15) is 14.4 Å². The summed E-state index contributed by atoms with van der Waals surface area (Å²) in [5.41, 5.74) is 3.17. The number of nitrogens with one attached hydrogen (secondary N) is 1. The van der Waals surface area contributed by atoms with Crippen LogP contribution in [-0.4, -0.2) is 44.1 Å². The van der Waals surface area contributed by atoms with E-state index in [4.69, 9.17) is 9.47 Å². The number of ether oxygens (including phenoxy) is 2. The smallest absolute Gasteiger partial charge is 0.338 e. The highest BCUT2D eigenvalue weighted by molar-refractivity contribution is 5.97. The van der Waals surface area contributed by atoms with Gasteiger partial charge in [0.1, 0.15) is 12.4 Å². The monoisotopic (exact) mass is 410 g/mol. The number of anilines is 1. The number of esters is 1. The van der Waals surface area contributed by atoms with Crippen LogP contribution in [0.3, 0.4) is 0 Å². The van der Waals surface area contributed by atoms with Crippen LogP contribution in [0.5, 0.6) is 5.75 Å². The van der Waals surface area contributed by atoms with Crippen LogP contribution in [0.1, 0.15) is 34.3 Å². The van der Waals surface area contributed by atoms with Crippen molar-refractivity contribution in [2.45, 2.75) is 26.7 Å². The second-order valence-corrected chi connectivity index (χ2v) is 7.24. The van der Waals surface area contributed by atoms with Crippen molar-refractivity contribution >= 4 is 23.5 Å². The minimum Gasteiger partial charge on any atom is -0.491 e. The van der Waals surface area contributed by atoms with Crippen molar-refractivity contribution < 1.29 is 23.9 Å². The van der Waals surface area contributed by atoms with Gasteiger partial charge in [0.15, 0.2) is 6.61 Å². The molecule has 0 aliphatic carbocycles. The molecule has 3 rings (SSSR count). The summed E-state index contributed by atoms with van der Waals surface area (Å²) in [4.78, 5) is 37.7. The number of nitrogens with zero attached hydrogens (tertiary/aromatic N) is 1. The molecule has 0 bridgehead atoms. The number of hydrogen-bond donors (Lipinski definition) is 1. The molecule has 0 spiro atoms. The van der Waals surface area contributed by atoms with Crippen molar-refractivity contribution in [3.05, 3.63) is 59.2 Å². The predicted molar refractivity (Wildman–Crippen MR) is 113 cm³/mol. The zero-order valence-corrected chi connectivity index (χ0v) is 17.3. The van der Waals surface area contributed by atoms with Crippen molar-refractivity contribution in [2.24, 2.45) is 0 Å². The average molecular weight is 410 g/mol. The summed E-state index contributed by atoms with van der Waals surface area (Å²) in [5.74, 6) is -0.191. The molecule has 1 N–H and O–H groups in total. The highest BCUT2D eigenvalue weighted by Crippen LogP contribution is 2.22. The van der Waals surface area contributed by atoms with E-state index in [1.165, 1.54) is 0 Å². The van der Waals surface area contributed by atoms with Gasteiger partial charge >= 0.3 is 5.97 Å². The Bertz CT molecular complexity index is 941. The van der Waals surface area contributed by atoms with E-state index < -0.39 is 11.9 Å². The maximum Gasteiger partial charge on any atom is 0.338 e. The minimum absolute atomic E-state index is 0.0444. The van der Waals surface area contributed by atoms with Crippen LogP contribution in [0, 0.1) is 13.8 Å². The highest BCUT2D eigenvalue weighted by Gasteiger charge is 2.22. The minimum atomic E-state index is -0.606. The first-order valence-corrected chi connectivity index (χ1v) is 9.98. The average Bonchev–Trinajstić information content (AvgIpc) is 3.16. The van der Waals surface area contributed by atoms with Gasteiger partial charge in [-0.3, -0.25) is 9.59 Å². The number of carbonyl (C=O) groups excluding carboxylic acids is 3. The van der Waals surface area contributed by atoms with Gasteiger partial charge in [0.05, 0.1) is 12.1 Å². The number of amides is 2. The number of rotatable bonds is 8. The van der Waals surface area contributed by atoms with E-state index in [2.05, 4.69) is 5.32 Å². The number of benzene rings is 2. The van der Waals surface area contributed by atoms with Crippen molar-refractivity contribution in [2.75, 3.05) is 31.2 Å². The molecule has 1 aliphatic rings. The molecule has 1 saturated heterocycles. The third-order valence-corrected chi connectivity index (χ3v) is 4.81. The summed E-state index contributed by atoms with van der Waals surface area (Å²) in [6.45, 7) is 4.86. The lowest BCUT2D eigenvalue weighted by atomic mass is 10.1. The Hall–Kier alpha value is -3.35. The Morgan fingerprint density at radius 2 is 1.97 bits per heavy atom. The predicted octanol–water partition coefficient (Wildman–Crippen LogP) is 2.78. The molecule has 2 aromatic rings. The van der Waals surface area contributed by atoms with Crippen molar-refractivity contribution in [3.63, 3.8) is 0 Å². The Labute approximate surface area is 176 Å². The maximum atomic E-state index is 12.2.